The minimum Gasteiger partial charge on any atom is -0.433 e. The monoisotopic (exact) mass is 365 g/mol. The Labute approximate surface area is 112 Å². The van der Waals surface area contributed by atoms with Crippen molar-refractivity contribution in [3.63, 3.8) is 0 Å². The number of hydrogen-bond donors (Lipinski definition) is 0. The smallest absolute Gasteiger partial charge is 0.387 e. The Hall–Kier alpha value is -1.00. The molecule has 11 heteroatoms. The van der Waals surface area contributed by atoms with Crippen molar-refractivity contribution in [2.24, 2.45) is 0 Å². The highest BCUT2D eigenvalue weighted by atomic mass is 79.9. The van der Waals surface area contributed by atoms with Crippen molar-refractivity contribution >= 4 is 41.4 Å². The predicted octanol–water partition coefficient (Wildman–Crippen LogP) is 2.89. The fraction of sp³-hybridized carbons (Fsp3) is 0.143. The summed E-state index contributed by atoms with van der Waals surface area (Å²) < 4.78 is 50.1. The first-order valence-corrected chi connectivity index (χ1v) is 7.10. The molecule has 6 nitrogen and oxygen atoms in total. The zero-order chi connectivity index (χ0) is 14.1. The highest BCUT2D eigenvalue weighted by Crippen LogP contribution is 2.37. The number of rotatable bonds is 4. The predicted molar refractivity (Wildman–Crippen MR) is 60.5 cm³/mol. The Kier molecular flexibility index (Phi) is 4.46. The fourth-order valence-corrected chi connectivity index (χ4v) is 2.47. The number of alkyl halides is 2. The summed E-state index contributed by atoms with van der Waals surface area (Å²) in [6, 6.07) is 1.27. The minimum atomic E-state index is -4.46. The van der Waals surface area contributed by atoms with Crippen LogP contribution in [0.3, 0.4) is 0 Å². The summed E-state index contributed by atoms with van der Waals surface area (Å²) >= 11 is 2.73. The number of hydrogen-bond acceptors (Lipinski definition) is 5. The summed E-state index contributed by atoms with van der Waals surface area (Å²) in [5.74, 6) is -0.780. The average molecular weight is 367 g/mol. The molecule has 0 atom stereocenters. The summed E-state index contributed by atoms with van der Waals surface area (Å²) in [5, 5.41) is 10.6. The van der Waals surface area contributed by atoms with E-state index in [-0.39, 0.29) is 4.47 Å². The van der Waals surface area contributed by atoms with Crippen LogP contribution >= 0.6 is 26.6 Å². The van der Waals surface area contributed by atoms with E-state index in [9.17, 15) is 27.3 Å². The van der Waals surface area contributed by atoms with E-state index in [1.165, 1.54) is 0 Å². The molecule has 18 heavy (non-hydrogen) atoms. The zero-order valence-electron chi connectivity index (χ0n) is 8.14. The average Bonchev–Trinajstić information content (AvgIpc) is 2.13. The maximum absolute atomic E-state index is 12.1. The van der Waals surface area contributed by atoms with Crippen LogP contribution in [-0.4, -0.2) is 20.0 Å². The van der Waals surface area contributed by atoms with Gasteiger partial charge in [-0.1, -0.05) is 0 Å². The Morgan fingerprint density at radius 2 is 2.00 bits per heavy atom. The molecular formula is C7H3BrClF2NO5S. The Morgan fingerprint density at radius 3 is 2.39 bits per heavy atom. The quantitative estimate of drug-likeness (QED) is 0.464. The van der Waals surface area contributed by atoms with Gasteiger partial charge >= 0.3 is 6.61 Å². The molecule has 1 aromatic rings. The van der Waals surface area contributed by atoms with Crippen LogP contribution in [0.2, 0.25) is 0 Å². The van der Waals surface area contributed by atoms with Gasteiger partial charge in [0.25, 0.3) is 14.7 Å². The molecule has 0 fully saturated rings. The molecule has 1 aromatic carbocycles. The van der Waals surface area contributed by atoms with Crippen molar-refractivity contribution in [1.29, 1.82) is 0 Å². The second kappa shape index (κ2) is 5.33. The highest BCUT2D eigenvalue weighted by Gasteiger charge is 2.26. The number of nitrogens with zero attached hydrogens (tertiary/aromatic N) is 1. The molecule has 0 amide bonds. The van der Waals surface area contributed by atoms with E-state index < -0.39 is 36.9 Å². The maximum Gasteiger partial charge on any atom is 0.387 e. The number of halogens is 4. The SMILES string of the molecule is O=[N+]([O-])c1cc(S(=O)(=O)Cl)c(OC(F)F)cc1Br. The van der Waals surface area contributed by atoms with Gasteiger partial charge in [-0.2, -0.15) is 8.78 Å². The molecule has 0 radical (unpaired) electrons. The van der Waals surface area contributed by atoms with Gasteiger partial charge < -0.3 is 4.74 Å². The Bertz CT molecular complexity index is 594. The van der Waals surface area contributed by atoms with Crippen LogP contribution in [0, 0.1) is 10.1 Å². The third kappa shape index (κ3) is 3.50. The topological polar surface area (TPSA) is 86.5 Å². The van der Waals surface area contributed by atoms with Gasteiger partial charge in [0.15, 0.2) is 0 Å². The molecule has 0 aliphatic heterocycles. The lowest BCUT2D eigenvalue weighted by Gasteiger charge is -2.09. The first-order chi connectivity index (χ1) is 8.12. The van der Waals surface area contributed by atoms with Gasteiger partial charge in [-0.05, 0) is 15.9 Å². The molecule has 0 unspecified atom stereocenters. The van der Waals surface area contributed by atoms with Gasteiger partial charge in [0.1, 0.15) is 10.6 Å². The molecule has 0 bridgehead atoms. The normalized spacial score (nSPS) is 11.6. The van der Waals surface area contributed by atoms with Crippen LogP contribution in [0.15, 0.2) is 21.5 Å². The maximum atomic E-state index is 12.1. The molecule has 0 aliphatic rings. The van der Waals surface area contributed by atoms with Gasteiger partial charge in [0.05, 0.1) is 9.40 Å². The summed E-state index contributed by atoms with van der Waals surface area (Å²) in [7, 11) is 0.522. The Balaban J connectivity index is 3.52. The lowest BCUT2D eigenvalue weighted by Crippen LogP contribution is -2.06. The first-order valence-electron chi connectivity index (χ1n) is 4.00. The van der Waals surface area contributed by atoms with Gasteiger partial charge in [-0.15, -0.1) is 0 Å². The summed E-state index contributed by atoms with van der Waals surface area (Å²) in [6.07, 6.45) is 0. The molecule has 1 rings (SSSR count). The van der Waals surface area contributed by atoms with E-state index in [4.69, 9.17) is 10.7 Å². The van der Waals surface area contributed by atoms with E-state index in [0.717, 1.165) is 6.07 Å². The standard InChI is InChI=1S/C7H3BrClF2NO5S/c8-3-1-5(17-7(10)11)6(18(9,15)16)2-4(3)12(13)14/h1-2,7H. The first kappa shape index (κ1) is 15.1. The third-order valence-electron chi connectivity index (χ3n) is 1.69. The largest absolute Gasteiger partial charge is 0.433 e. The van der Waals surface area contributed by atoms with E-state index in [1.807, 2.05) is 0 Å². The zero-order valence-corrected chi connectivity index (χ0v) is 11.3. The number of benzene rings is 1. The molecule has 0 aliphatic carbocycles. The number of nitro benzene ring substituents is 1. The molecule has 0 saturated carbocycles. The summed E-state index contributed by atoms with van der Waals surface area (Å²) in [6.45, 7) is -3.30. The molecule has 0 aromatic heterocycles. The van der Waals surface area contributed by atoms with Crippen LogP contribution < -0.4 is 4.74 Å². The molecular weight excluding hydrogens is 363 g/mol. The van der Waals surface area contributed by atoms with E-state index in [2.05, 4.69) is 20.7 Å². The summed E-state index contributed by atoms with van der Waals surface area (Å²) in [4.78, 5) is 8.78. The van der Waals surface area contributed by atoms with Crippen molar-refractivity contribution in [2.75, 3.05) is 0 Å². The Morgan fingerprint density at radius 1 is 1.44 bits per heavy atom. The molecule has 0 saturated heterocycles. The lowest BCUT2D eigenvalue weighted by atomic mass is 10.3. The van der Waals surface area contributed by atoms with Crippen LogP contribution in [0.5, 0.6) is 5.75 Å². The van der Waals surface area contributed by atoms with Gasteiger partial charge in [0.2, 0.25) is 0 Å². The fourth-order valence-electron chi connectivity index (χ4n) is 1.04. The van der Waals surface area contributed by atoms with Gasteiger partial charge in [-0.25, -0.2) is 8.42 Å². The van der Waals surface area contributed by atoms with Crippen LogP contribution in [0.25, 0.3) is 0 Å². The van der Waals surface area contributed by atoms with Crippen molar-refractivity contribution in [1.82, 2.24) is 0 Å². The second-order valence-electron chi connectivity index (χ2n) is 2.82. The lowest BCUT2D eigenvalue weighted by molar-refractivity contribution is -0.385. The van der Waals surface area contributed by atoms with Gasteiger partial charge in [-0.3, -0.25) is 10.1 Å². The molecule has 0 heterocycles. The van der Waals surface area contributed by atoms with Crippen molar-refractivity contribution in [3.8, 4) is 5.75 Å². The summed E-state index contributed by atoms with van der Waals surface area (Å²) in [5.41, 5.74) is -0.643. The van der Waals surface area contributed by atoms with E-state index in [0.29, 0.717) is 6.07 Å². The van der Waals surface area contributed by atoms with Crippen LogP contribution in [0.4, 0.5) is 14.5 Å². The number of nitro groups is 1. The second-order valence-corrected chi connectivity index (χ2v) is 6.21. The minimum absolute atomic E-state index is 0.216. The highest BCUT2D eigenvalue weighted by molar-refractivity contribution is 9.10. The molecule has 0 spiro atoms. The van der Waals surface area contributed by atoms with Crippen molar-refractivity contribution in [3.05, 3.63) is 26.7 Å². The van der Waals surface area contributed by atoms with E-state index in [1.54, 1.807) is 0 Å². The van der Waals surface area contributed by atoms with Crippen LogP contribution in [-0.2, 0) is 9.05 Å². The van der Waals surface area contributed by atoms with Crippen LogP contribution in [0.1, 0.15) is 0 Å². The third-order valence-corrected chi connectivity index (χ3v) is 3.67. The van der Waals surface area contributed by atoms with Crippen molar-refractivity contribution in [2.45, 2.75) is 11.5 Å². The molecule has 0 N–H and O–H groups in total. The van der Waals surface area contributed by atoms with Gasteiger partial charge in [0, 0.05) is 22.8 Å². The van der Waals surface area contributed by atoms with E-state index >= 15 is 0 Å². The van der Waals surface area contributed by atoms with Crippen molar-refractivity contribution < 1.29 is 26.9 Å². The number of ether oxygens (including phenoxy) is 1. The molecule has 100 valence electrons.